The minimum Gasteiger partial charge on any atom is -0.252 e. The van der Waals surface area contributed by atoms with Crippen LogP contribution >= 0.6 is 0 Å². The van der Waals surface area contributed by atoms with Gasteiger partial charge in [-0.1, -0.05) is 44.3 Å². The molecule has 3 heterocycles. The second-order valence-corrected chi connectivity index (χ2v) is 7.61. The van der Waals surface area contributed by atoms with E-state index in [0.717, 1.165) is 16.7 Å². The van der Waals surface area contributed by atoms with Gasteiger partial charge >= 0.3 is 0 Å². The quantitative estimate of drug-likeness (QED) is 0.402. The van der Waals surface area contributed by atoms with Crippen LogP contribution < -0.4 is 4.57 Å². The molecule has 0 aliphatic rings. The molecule has 0 fully saturated rings. The van der Waals surface area contributed by atoms with Crippen LogP contribution in [0.5, 0.6) is 0 Å². The zero-order chi connectivity index (χ0) is 17.9. The van der Waals surface area contributed by atoms with E-state index in [2.05, 4.69) is 68.9 Å². The molecule has 4 nitrogen and oxygen atoms in total. The number of nitrogens with zero attached hydrogens (tertiary/aromatic N) is 4. The van der Waals surface area contributed by atoms with Crippen molar-refractivity contribution < 1.29 is 4.57 Å². The molecule has 0 amide bonds. The normalized spacial score (nSPS) is 12.3. The first kappa shape index (κ1) is 16.0. The van der Waals surface area contributed by atoms with Gasteiger partial charge in [0.1, 0.15) is 5.52 Å². The van der Waals surface area contributed by atoms with Crippen LogP contribution in [0.4, 0.5) is 0 Å². The topological polar surface area (TPSA) is 34.1 Å². The highest BCUT2D eigenvalue weighted by molar-refractivity contribution is 6.12. The molecule has 4 rings (SSSR count). The molecular weight excluding hydrogens is 308 g/mol. The Morgan fingerprint density at radius 3 is 2.36 bits per heavy atom. The van der Waals surface area contributed by atoms with Crippen molar-refractivity contribution >= 4 is 27.5 Å². The zero-order valence-corrected chi connectivity index (χ0v) is 15.8. The molecule has 0 saturated heterocycles. The minimum atomic E-state index is 0.410. The fourth-order valence-electron chi connectivity index (χ4n) is 3.92. The Morgan fingerprint density at radius 2 is 1.68 bits per heavy atom. The molecule has 128 valence electrons. The maximum absolute atomic E-state index is 4.83. The number of rotatable bonds is 2. The Hall–Kier alpha value is -2.49. The molecule has 0 saturated carbocycles. The van der Waals surface area contributed by atoms with Gasteiger partial charge in [-0.05, 0) is 36.0 Å². The third-order valence-corrected chi connectivity index (χ3v) is 5.19. The second-order valence-electron chi connectivity index (χ2n) is 7.61. The molecule has 3 aromatic heterocycles. The first-order valence-corrected chi connectivity index (χ1v) is 8.99. The fraction of sp³-hybridized carbons (Fsp3) is 0.381. The van der Waals surface area contributed by atoms with Crippen molar-refractivity contribution in [2.24, 2.45) is 7.05 Å². The molecule has 0 aliphatic carbocycles. The Balaban J connectivity index is 2.43. The van der Waals surface area contributed by atoms with Crippen molar-refractivity contribution in [2.45, 2.75) is 46.5 Å². The van der Waals surface area contributed by atoms with Gasteiger partial charge in [0.05, 0.1) is 12.4 Å². The SMILES string of the molecule is Cc1ccc(C(C)C)c2c3nccc(C(C)C)c3n3nc[n+](C)c3c12. The highest BCUT2D eigenvalue weighted by Crippen LogP contribution is 2.36. The summed E-state index contributed by atoms with van der Waals surface area (Å²) in [6.45, 7) is 11.1. The van der Waals surface area contributed by atoms with E-state index in [1.54, 1.807) is 0 Å². The highest BCUT2D eigenvalue weighted by Gasteiger charge is 2.25. The molecule has 0 radical (unpaired) electrons. The number of hydrogen-bond donors (Lipinski definition) is 0. The van der Waals surface area contributed by atoms with E-state index in [-0.39, 0.29) is 0 Å². The van der Waals surface area contributed by atoms with E-state index in [1.807, 2.05) is 12.5 Å². The predicted octanol–water partition coefficient (Wildman–Crippen LogP) is 4.42. The van der Waals surface area contributed by atoms with E-state index < -0.39 is 0 Å². The van der Waals surface area contributed by atoms with E-state index >= 15 is 0 Å². The number of aryl methyl sites for hydroxylation is 2. The molecule has 0 N–H and O–H groups in total. The maximum Gasteiger partial charge on any atom is 0.274 e. The number of benzene rings is 1. The molecule has 4 heteroatoms. The first-order chi connectivity index (χ1) is 11.9. The number of hydrogen-bond acceptors (Lipinski definition) is 2. The molecule has 25 heavy (non-hydrogen) atoms. The lowest BCUT2D eigenvalue weighted by Gasteiger charge is -2.15. The Bertz CT molecular complexity index is 1120. The van der Waals surface area contributed by atoms with Gasteiger partial charge < -0.3 is 0 Å². The maximum atomic E-state index is 4.83. The van der Waals surface area contributed by atoms with Gasteiger partial charge in [-0.3, -0.25) is 4.98 Å². The Morgan fingerprint density at radius 1 is 0.960 bits per heavy atom. The number of fused-ring (bicyclic) bond motifs is 6. The molecular formula is C21H25N4+. The van der Waals surface area contributed by atoms with E-state index in [9.17, 15) is 0 Å². The summed E-state index contributed by atoms with van der Waals surface area (Å²) in [7, 11) is 2.07. The second kappa shape index (κ2) is 5.51. The van der Waals surface area contributed by atoms with Crippen LogP contribution in [0.25, 0.3) is 27.5 Å². The van der Waals surface area contributed by atoms with Gasteiger partial charge in [-0.2, -0.15) is 0 Å². The fourth-order valence-corrected chi connectivity index (χ4v) is 3.92. The van der Waals surface area contributed by atoms with Crippen molar-refractivity contribution in [3.05, 3.63) is 47.4 Å². The summed E-state index contributed by atoms with van der Waals surface area (Å²) in [5.41, 5.74) is 7.23. The summed E-state index contributed by atoms with van der Waals surface area (Å²) in [4.78, 5) is 4.83. The van der Waals surface area contributed by atoms with E-state index in [0.29, 0.717) is 11.8 Å². The van der Waals surface area contributed by atoms with Crippen molar-refractivity contribution in [1.29, 1.82) is 0 Å². The highest BCUT2D eigenvalue weighted by atomic mass is 15.3. The van der Waals surface area contributed by atoms with Gasteiger partial charge in [0.15, 0.2) is 5.52 Å². The Labute approximate surface area is 148 Å². The van der Waals surface area contributed by atoms with Crippen LogP contribution in [0.3, 0.4) is 0 Å². The van der Waals surface area contributed by atoms with Crippen LogP contribution in [0, 0.1) is 6.92 Å². The van der Waals surface area contributed by atoms with Gasteiger partial charge in [0, 0.05) is 22.2 Å². The van der Waals surface area contributed by atoms with Crippen molar-refractivity contribution in [3.63, 3.8) is 0 Å². The number of aromatic nitrogens is 4. The molecule has 1 aromatic carbocycles. The lowest BCUT2D eigenvalue weighted by Crippen LogP contribution is -2.26. The third kappa shape index (κ3) is 2.16. The largest absolute Gasteiger partial charge is 0.274 e. The monoisotopic (exact) mass is 333 g/mol. The van der Waals surface area contributed by atoms with E-state index in [4.69, 9.17) is 10.1 Å². The molecule has 0 atom stereocenters. The van der Waals surface area contributed by atoms with Crippen molar-refractivity contribution in [3.8, 4) is 0 Å². The summed E-state index contributed by atoms with van der Waals surface area (Å²) in [6.07, 6.45) is 3.84. The standard InChI is InChI=1S/C21H25N4/c1-12(2)15-8-7-14(5)17-18(15)19-20(16(13(3)4)9-10-22-19)25-21(17)24(6)11-23-25/h7-13H,1-6H3/q+1. The molecule has 0 bridgehead atoms. The predicted molar refractivity (Wildman–Crippen MR) is 102 cm³/mol. The van der Waals surface area contributed by atoms with Gasteiger partial charge in [0.2, 0.25) is 0 Å². The molecule has 0 spiro atoms. The lowest BCUT2D eigenvalue weighted by atomic mass is 9.91. The van der Waals surface area contributed by atoms with Crippen LogP contribution in [0.15, 0.2) is 30.7 Å². The smallest absolute Gasteiger partial charge is 0.252 e. The summed E-state index contributed by atoms with van der Waals surface area (Å²) < 4.78 is 4.20. The number of pyridine rings is 2. The van der Waals surface area contributed by atoms with Crippen LogP contribution in [0.1, 0.15) is 56.2 Å². The van der Waals surface area contributed by atoms with Crippen molar-refractivity contribution in [1.82, 2.24) is 14.6 Å². The Kier molecular flexibility index (Phi) is 3.53. The van der Waals surface area contributed by atoms with Crippen molar-refractivity contribution in [2.75, 3.05) is 0 Å². The van der Waals surface area contributed by atoms with Gasteiger partial charge in [0.25, 0.3) is 12.0 Å². The van der Waals surface area contributed by atoms with Crippen LogP contribution in [-0.4, -0.2) is 14.6 Å². The summed E-state index contributed by atoms with van der Waals surface area (Å²) in [6, 6.07) is 6.62. The van der Waals surface area contributed by atoms with Gasteiger partial charge in [-0.25, -0.2) is 4.57 Å². The first-order valence-electron chi connectivity index (χ1n) is 8.99. The summed E-state index contributed by atoms with van der Waals surface area (Å²) in [5, 5.41) is 7.23. The van der Waals surface area contributed by atoms with E-state index in [1.165, 1.54) is 27.5 Å². The average Bonchev–Trinajstić information content (AvgIpc) is 2.96. The molecule has 0 unspecified atom stereocenters. The lowest BCUT2D eigenvalue weighted by molar-refractivity contribution is -0.645. The van der Waals surface area contributed by atoms with Gasteiger partial charge in [-0.15, -0.1) is 0 Å². The summed E-state index contributed by atoms with van der Waals surface area (Å²) in [5.74, 6) is 0.847. The summed E-state index contributed by atoms with van der Waals surface area (Å²) >= 11 is 0. The third-order valence-electron chi connectivity index (χ3n) is 5.19. The zero-order valence-electron chi connectivity index (χ0n) is 15.8. The minimum absolute atomic E-state index is 0.410. The average molecular weight is 333 g/mol. The van der Waals surface area contributed by atoms with Crippen LogP contribution in [0.2, 0.25) is 0 Å². The molecule has 0 aliphatic heterocycles. The molecule has 4 aromatic rings. The van der Waals surface area contributed by atoms with Crippen LogP contribution in [-0.2, 0) is 7.05 Å².